The second kappa shape index (κ2) is 4.03. The summed E-state index contributed by atoms with van der Waals surface area (Å²) in [4.78, 5) is 12.6. The van der Waals surface area contributed by atoms with E-state index in [0.29, 0.717) is 5.92 Å². The van der Waals surface area contributed by atoms with E-state index in [-0.39, 0.29) is 6.54 Å². The molecule has 0 saturated carbocycles. The standard InChI is InChI=1S/C12H15NO2/c1-9-6-13(8-12(14)15)7-10-4-2-3-5-11(9)10/h2-5,9H,6-8H2,1H3,(H,14,15). The third kappa shape index (κ3) is 2.18. The van der Waals surface area contributed by atoms with Gasteiger partial charge in [0.2, 0.25) is 0 Å². The number of hydrogen-bond acceptors (Lipinski definition) is 2. The van der Waals surface area contributed by atoms with E-state index in [1.165, 1.54) is 11.1 Å². The molecule has 0 radical (unpaired) electrons. The number of hydrogen-bond donors (Lipinski definition) is 1. The fourth-order valence-corrected chi connectivity index (χ4v) is 2.26. The Morgan fingerprint density at radius 1 is 1.53 bits per heavy atom. The van der Waals surface area contributed by atoms with Crippen molar-refractivity contribution in [1.29, 1.82) is 0 Å². The third-order valence-electron chi connectivity index (χ3n) is 2.87. The summed E-state index contributed by atoms with van der Waals surface area (Å²) in [6.45, 7) is 3.88. The van der Waals surface area contributed by atoms with E-state index < -0.39 is 5.97 Å². The van der Waals surface area contributed by atoms with Gasteiger partial charge in [0.05, 0.1) is 6.54 Å². The number of carboxylic acid groups (broad SMARTS) is 1. The van der Waals surface area contributed by atoms with Gasteiger partial charge in [-0.2, -0.15) is 0 Å². The van der Waals surface area contributed by atoms with E-state index in [0.717, 1.165) is 13.1 Å². The normalized spacial score (nSPS) is 21.0. The molecule has 0 amide bonds. The van der Waals surface area contributed by atoms with Gasteiger partial charge in [-0.25, -0.2) is 0 Å². The maximum Gasteiger partial charge on any atom is 0.317 e. The lowest BCUT2D eigenvalue weighted by molar-refractivity contribution is -0.138. The van der Waals surface area contributed by atoms with Crippen LogP contribution in [0.3, 0.4) is 0 Å². The van der Waals surface area contributed by atoms with Gasteiger partial charge in [0.1, 0.15) is 0 Å². The number of nitrogens with zero attached hydrogens (tertiary/aromatic N) is 1. The fraction of sp³-hybridized carbons (Fsp3) is 0.417. The first kappa shape index (κ1) is 10.2. The van der Waals surface area contributed by atoms with Crippen LogP contribution in [0.1, 0.15) is 24.0 Å². The summed E-state index contributed by atoms with van der Waals surface area (Å²) in [5, 5.41) is 8.76. The largest absolute Gasteiger partial charge is 0.480 e. The smallest absolute Gasteiger partial charge is 0.317 e. The highest BCUT2D eigenvalue weighted by molar-refractivity contribution is 5.69. The van der Waals surface area contributed by atoms with Gasteiger partial charge in [-0.3, -0.25) is 9.69 Å². The van der Waals surface area contributed by atoms with Crippen molar-refractivity contribution in [2.45, 2.75) is 19.4 Å². The Bertz CT molecular complexity index is 376. The highest BCUT2D eigenvalue weighted by atomic mass is 16.4. The van der Waals surface area contributed by atoms with Gasteiger partial charge in [-0.15, -0.1) is 0 Å². The fourth-order valence-electron chi connectivity index (χ4n) is 2.26. The van der Waals surface area contributed by atoms with Crippen LogP contribution in [0.5, 0.6) is 0 Å². The molecule has 1 N–H and O–H groups in total. The number of carboxylic acids is 1. The average molecular weight is 205 g/mol. The molecule has 1 aromatic rings. The molecule has 1 unspecified atom stereocenters. The summed E-state index contributed by atoms with van der Waals surface area (Å²) in [7, 11) is 0. The van der Waals surface area contributed by atoms with Gasteiger partial charge in [0, 0.05) is 13.1 Å². The quantitative estimate of drug-likeness (QED) is 0.798. The Morgan fingerprint density at radius 3 is 3.00 bits per heavy atom. The van der Waals surface area contributed by atoms with Crippen molar-refractivity contribution in [3.63, 3.8) is 0 Å². The Kier molecular flexibility index (Phi) is 2.73. The van der Waals surface area contributed by atoms with Crippen LogP contribution in [-0.4, -0.2) is 29.1 Å². The Balaban J connectivity index is 2.19. The molecule has 3 heteroatoms. The SMILES string of the molecule is CC1CN(CC(=O)O)Cc2ccccc21. The minimum atomic E-state index is -0.749. The van der Waals surface area contributed by atoms with E-state index in [1.54, 1.807) is 0 Å². The van der Waals surface area contributed by atoms with Gasteiger partial charge < -0.3 is 5.11 Å². The first-order chi connectivity index (χ1) is 7.16. The van der Waals surface area contributed by atoms with Crippen LogP contribution in [0.2, 0.25) is 0 Å². The molecule has 1 aliphatic rings. The van der Waals surface area contributed by atoms with Crippen LogP contribution < -0.4 is 0 Å². The van der Waals surface area contributed by atoms with Crippen LogP contribution in [-0.2, 0) is 11.3 Å². The van der Waals surface area contributed by atoms with Crippen LogP contribution >= 0.6 is 0 Å². The lowest BCUT2D eigenvalue weighted by Crippen LogP contribution is -2.36. The van der Waals surface area contributed by atoms with Crippen molar-refractivity contribution in [1.82, 2.24) is 4.90 Å². The van der Waals surface area contributed by atoms with Crippen LogP contribution in [0.4, 0.5) is 0 Å². The van der Waals surface area contributed by atoms with Crippen molar-refractivity contribution in [3.05, 3.63) is 35.4 Å². The minimum Gasteiger partial charge on any atom is -0.480 e. The van der Waals surface area contributed by atoms with Gasteiger partial charge in [-0.1, -0.05) is 31.2 Å². The number of benzene rings is 1. The Labute approximate surface area is 89.3 Å². The monoisotopic (exact) mass is 205 g/mol. The number of aliphatic carboxylic acids is 1. The van der Waals surface area contributed by atoms with Gasteiger partial charge in [0.25, 0.3) is 0 Å². The molecule has 1 atom stereocenters. The summed E-state index contributed by atoms with van der Waals surface area (Å²) in [6, 6.07) is 8.27. The maximum atomic E-state index is 10.6. The van der Waals surface area contributed by atoms with Crippen molar-refractivity contribution in [3.8, 4) is 0 Å². The summed E-state index contributed by atoms with van der Waals surface area (Å²) in [5.41, 5.74) is 2.62. The number of rotatable bonds is 2. The Hall–Kier alpha value is -1.35. The summed E-state index contributed by atoms with van der Waals surface area (Å²) in [5.74, 6) is -0.323. The lowest BCUT2D eigenvalue weighted by Gasteiger charge is -2.31. The summed E-state index contributed by atoms with van der Waals surface area (Å²) in [6.07, 6.45) is 0. The van der Waals surface area contributed by atoms with Crippen molar-refractivity contribution in [2.24, 2.45) is 0 Å². The molecule has 15 heavy (non-hydrogen) atoms. The topological polar surface area (TPSA) is 40.5 Å². The molecule has 0 bridgehead atoms. The predicted octanol–water partition coefficient (Wildman–Crippen LogP) is 1.69. The van der Waals surface area contributed by atoms with E-state index in [4.69, 9.17) is 5.11 Å². The van der Waals surface area contributed by atoms with Gasteiger partial charge >= 0.3 is 5.97 Å². The molecule has 0 spiro atoms. The molecule has 1 heterocycles. The molecule has 1 aliphatic heterocycles. The van der Waals surface area contributed by atoms with Crippen molar-refractivity contribution in [2.75, 3.05) is 13.1 Å². The summed E-state index contributed by atoms with van der Waals surface area (Å²) < 4.78 is 0. The van der Waals surface area contributed by atoms with Gasteiger partial charge in [-0.05, 0) is 17.0 Å². The number of fused-ring (bicyclic) bond motifs is 1. The molecular formula is C12H15NO2. The molecule has 0 fully saturated rings. The van der Waals surface area contributed by atoms with E-state index in [9.17, 15) is 4.79 Å². The first-order valence-corrected chi connectivity index (χ1v) is 5.19. The van der Waals surface area contributed by atoms with Crippen molar-refractivity contribution >= 4 is 5.97 Å². The van der Waals surface area contributed by atoms with Crippen molar-refractivity contribution < 1.29 is 9.90 Å². The zero-order valence-corrected chi connectivity index (χ0v) is 8.81. The maximum absolute atomic E-state index is 10.6. The molecule has 1 aromatic carbocycles. The molecule has 0 saturated heterocycles. The molecule has 0 aromatic heterocycles. The molecule has 80 valence electrons. The average Bonchev–Trinajstić information content (AvgIpc) is 2.16. The predicted molar refractivity (Wildman–Crippen MR) is 57.8 cm³/mol. The van der Waals surface area contributed by atoms with Crippen LogP contribution in [0.15, 0.2) is 24.3 Å². The van der Waals surface area contributed by atoms with Crippen LogP contribution in [0, 0.1) is 0 Å². The molecule has 3 nitrogen and oxygen atoms in total. The lowest BCUT2D eigenvalue weighted by atomic mass is 9.91. The highest BCUT2D eigenvalue weighted by Gasteiger charge is 2.22. The zero-order chi connectivity index (χ0) is 10.8. The van der Waals surface area contributed by atoms with Gasteiger partial charge in [0.15, 0.2) is 0 Å². The third-order valence-corrected chi connectivity index (χ3v) is 2.87. The Morgan fingerprint density at radius 2 is 2.27 bits per heavy atom. The van der Waals surface area contributed by atoms with E-state index in [2.05, 4.69) is 19.1 Å². The first-order valence-electron chi connectivity index (χ1n) is 5.19. The van der Waals surface area contributed by atoms with Crippen LogP contribution in [0.25, 0.3) is 0 Å². The molecule has 0 aliphatic carbocycles. The summed E-state index contributed by atoms with van der Waals surface area (Å²) >= 11 is 0. The second-order valence-electron chi connectivity index (χ2n) is 4.16. The highest BCUT2D eigenvalue weighted by Crippen LogP contribution is 2.27. The van der Waals surface area contributed by atoms with E-state index in [1.807, 2.05) is 17.0 Å². The minimum absolute atomic E-state index is 0.138. The zero-order valence-electron chi connectivity index (χ0n) is 8.81. The molecule has 2 rings (SSSR count). The number of carbonyl (C=O) groups is 1. The van der Waals surface area contributed by atoms with E-state index >= 15 is 0 Å². The molecular weight excluding hydrogens is 190 g/mol. The second-order valence-corrected chi connectivity index (χ2v) is 4.16.